The van der Waals surface area contributed by atoms with Crippen molar-refractivity contribution < 1.29 is 14.0 Å². The van der Waals surface area contributed by atoms with E-state index in [1.54, 1.807) is 36.7 Å². The van der Waals surface area contributed by atoms with Gasteiger partial charge in [0.2, 0.25) is 11.8 Å². The number of nitrogens with one attached hydrogen (secondary N) is 2. The highest BCUT2D eigenvalue weighted by molar-refractivity contribution is 5.92. The van der Waals surface area contributed by atoms with Crippen LogP contribution in [-0.2, 0) is 15.0 Å². The minimum absolute atomic E-state index is 0.138. The number of benzene rings is 1. The van der Waals surface area contributed by atoms with Crippen molar-refractivity contribution in [1.82, 2.24) is 10.3 Å². The van der Waals surface area contributed by atoms with E-state index in [1.807, 2.05) is 0 Å². The molecule has 6 heteroatoms. The van der Waals surface area contributed by atoms with E-state index < -0.39 is 5.41 Å². The Balaban J connectivity index is 1.54. The predicted octanol–water partition coefficient (Wildman–Crippen LogP) is 2.79. The lowest BCUT2D eigenvalue weighted by Crippen LogP contribution is -2.49. The molecule has 1 aliphatic rings. The molecule has 2 aromatic rings. The number of hydrogen-bond acceptors (Lipinski definition) is 3. The van der Waals surface area contributed by atoms with Crippen LogP contribution >= 0.6 is 0 Å². The number of nitrogens with zero attached hydrogens (tertiary/aromatic N) is 1. The zero-order valence-corrected chi connectivity index (χ0v) is 13.8. The average Bonchev–Trinajstić information content (AvgIpc) is 2.55. The molecule has 1 saturated carbocycles. The Morgan fingerprint density at radius 3 is 2.56 bits per heavy atom. The highest BCUT2D eigenvalue weighted by atomic mass is 19.1. The molecule has 0 spiro atoms. The number of halogens is 1. The van der Waals surface area contributed by atoms with E-state index in [2.05, 4.69) is 15.6 Å². The van der Waals surface area contributed by atoms with Crippen LogP contribution in [0.5, 0.6) is 0 Å². The third-order valence-corrected chi connectivity index (χ3v) is 4.62. The van der Waals surface area contributed by atoms with Crippen molar-refractivity contribution >= 4 is 17.5 Å². The Morgan fingerprint density at radius 1 is 1.16 bits per heavy atom. The van der Waals surface area contributed by atoms with Crippen LogP contribution in [0.2, 0.25) is 0 Å². The summed E-state index contributed by atoms with van der Waals surface area (Å²) in [5.41, 5.74) is 0.711. The number of carbonyl (C=O) groups is 2. The van der Waals surface area contributed by atoms with Crippen molar-refractivity contribution in [2.45, 2.75) is 31.1 Å². The Labute approximate surface area is 145 Å². The summed E-state index contributed by atoms with van der Waals surface area (Å²) < 4.78 is 13.5. The van der Waals surface area contributed by atoms with Gasteiger partial charge in [-0.15, -0.1) is 0 Å². The lowest BCUT2D eigenvalue weighted by atomic mass is 9.64. The number of amides is 2. The van der Waals surface area contributed by atoms with Crippen LogP contribution in [0.25, 0.3) is 0 Å². The van der Waals surface area contributed by atoms with Gasteiger partial charge in [-0.3, -0.25) is 14.6 Å². The van der Waals surface area contributed by atoms with E-state index in [0.29, 0.717) is 24.1 Å². The maximum atomic E-state index is 13.5. The summed E-state index contributed by atoms with van der Waals surface area (Å²) in [4.78, 5) is 28.4. The summed E-state index contributed by atoms with van der Waals surface area (Å²) in [6.07, 6.45) is 5.70. The SMILES string of the molecule is O=C(CCNC(=O)C1(c2cccc(F)c2)CCC1)Nc1ccncc1. The monoisotopic (exact) mass is 341 g/mol. The Morgan fingerprint density at radius 2 is 1.92 bits per heavy atom. The first kappa shape index (κ1) is 17.1. The maximum absolute atomic E-state index is 13.5. The molecular formula is C19H20FN3O2. The Hall–Kier alpha value is -2.76. The van der Waals surface area contributed by atoms with Crippen molar-refractivity contribution in [3.63, 3.8) is 0 Å². The van der Waals surface area contributed by atoms with Gasteiger partial charge in [-0.2, -0.15) is 0 Å². The van der Waals surface area contributed by atoms with E-state index in [0.717, 1.165) is 6.42 Å². The first-order valence-corrected chi connectivity index (χ1v) is 8.34. The van der Waals surface area contributed by atoms with Gasteiger partial charge in [0.1, 0.15) is 5.82 Å². The summed E-state index contributed by atoms with van der Waals surface area (Å²) in [5, 5.41) is 5.57. The van der Waals surface area contributed by atoms with Crippen LogP contribution in [0.3, 0.4) is 0 Å². The molecule has 130 valence electrons. The molecular weight excluding hydrogens is 321 g/mol. The van der Waals surface area contributed by atoms with Crippen molar-refractivity contribution in [1.29, 1.82) is 0 Å². The van der Waals surface area contributed by atoms with Crippen molar-refractivity contribution in [3.05, 3.63) is 60.2 Å². The quantitative estimate of drug-likeness (QED) is 0.849. The highest BCUT2D eigenvalue weighted by Gasteiger charge is 2.45. The number of carbonyl (C=O) groups excluding carboxylic acids is 2. The molecule has 3 rings (SSSR count). The topological polar surface area (TPSA) is 71.1 Å². The average molecular weight is 341 g/mol. The van der Waals surface area contributed by atoms with E-state index in [1.165, 1.54) is 12.1 Å². The lowest BCUT2D eigenvalue weighted by molar-refractivity contribution is -0.130. The molecule has 2 amide bonds. The number of aromatic nitrogens is 1. The summed E-state index contributed by atoms with van der Waals surface area (Å²) >= 11 is 0. The normalized spacial score (nSPS) is 15.1. The second-order valence-corrected chi connectivity index (χ2v) is 6.24. The molecule has 0 radical (unpaired) electrons. The maximum Gasteiger partial charge on any atom is 0.230 e. The zero-order chi connectivity index (χ0) is 17.7. The van der Waals surface area contributed by atoms with Crippen LogP contribution in [0.4, 0.5) is 10.1 Å². The molecule has 25 heavy (non-hydrogen) atoms. The van der Waals surface area contributed by atoms with Crippen LogP contribution in [0.15, 0.2) is 48.8 Å². The second-order valence-electron chi connectivity index (χ2n) is 6.24. The molecule has 0 saturated heterocycles. The first-order valence-electron chi connectivity index (χ1n) is 8.34. The molecule has 0 aliphatic heterocycles. The lowest BCUT2D eigenvalue weighted by Gasteiger charge is -2.40. The van der Waals surface area contributed by atoms with Gasteiger partial charge in [-0.1, -0.05) is 18.6 Å². The third kappa shape index (κ3) is 3.84. The molecule has 1 aromatic heterocycles. The second kappa shape index (κ2) is 7.42. The molecule has 5 nitrogen and oxygen atoms in total. The van der Waals surface area contributed by atoms with E-state index in [4.69, 9.17) is 0 Å². The predicted molar refractivity (Wildman–Crippen MR) is 92.4 cm³/mol. The number of pyridine rings is 1. The molecule has 0 atom stereocenters. The van der Waals surface area contributed by atoms with Crippen LogP contribution in [-0.4, -0.2) is 23.3 Å². The summed E-state index contributed by atoms with van der Waals surface area (Å²) in [5.74, 6) is -0.658. The summed E-state index contributed by atoms with van der Waals surface area (Å²) in [7, 11) is 0. The van der Waals surface area contributed by atoms with Gasteiger partial charge in [0, 0.05) is 31.0 Å². The molecule has 1 aromatic carbocycles. The highest BCUT2D eigenvalue weighted by Crippen LogP contribution is 2.44. The molecule has 1 fully saturated rings. The molecule has 1 aliphatic carbocycles. The Kier molecular flexibility index (Phi) is 5.07. The minimum Gasteiger partial charge on any atom is -0.355 e. The van der Waals surface area contributed by atoms with Gasteiger partial charge in [0.25, 0.3) is 0 Å². The number of hydrogen-bond donors (Lipinski definition) is 2. The van der Waals surface area contributed by atoms with Gasteiger partial charge < -0.3 is 10.6 Å². The Bertz CT molecular complexity index is 760. The van der Waals surface area contributed by atoms with Gasteiger partial charge in [0.15, 0.2) is 0 Å². The minimum atomic E-state index is -0.663. The van der Waals surface area contributed by atoms with Crippen molar-refractivity contribution in [2.75, 3.05) is 11.9 Å². The van der Waals surface area contributed by atoms with Gasteiger partial charge in [0.05, 0.1) is 5.41 Å². The molecule has 2 N–H and O–H groups in total. The molecule has 1 heterocycles. The van der Waals surface area contributed by atoms with Crippen LogP contribution < -0.4 is 10.6 Å². The van der Waals surface area contributed by atoms with E-state index in [9.17, 15) is 14.0 Å². The number of anilines is 1. The van der Waals surface area contributed by atoms with E-state index in [-0.39, 0.29) is 30.6 Å². The molecule has 0 unspecified atom stereocenters. The zero-order valence-electron chi connectivity index (χ0n) is 13.8. The van der Waals surface area contributed by atoms with Crippen molar-refractivity contribution in [2.24, 2.45) is 0 Å². The van der Waals surface area contributed by atoms with Gasteiger partial charge in [-0.05, 0) is 42.7 Å². The van der Waals surface area contributed by atoms with Gasteiger partial charge in [-0.25, -0.2) is 4.39 Å². The fourth-order valence-corrected chi connectivity index (χ4v) is 3.08. The molecule has 0 bridgehead atoms. The number of rotatable bonds is 6. The smallest absolute Gasteiger partial charge is 0.230 e. The third-order valence-electron chi connectivity index (χ3n) is 4.62. The van der Waals surface area contributed by atoms with Crippen LogP contribution in [0.1, 0.15) is 31.2 Å². The standard InChI is InChI=1S/C19H20FN3O2/c20-15-4-1-3-14(13-15)19(8-2-9-19)18(25)22-12-7-17(24)23-16-5-10-21-11-6-16/h1,3-6,10-11,13H,2,7-9,12H2,(H,22,25)(H,21,23,24). The first-order chi connectivity index (χ1) is 12.1. The van der Waals surface area contributed by atoms with Crippen molar-refractivity contribution in [3.8, 4) is 0 Å². The van der Waals surface area contributed by atoms with Crippen LogP contribution in [0, 0.1) is 5.82 Å². The van der Waals surface area contributed by atoms with Gasteiger partial charge >= 0.3 is 0 Å². The fourth-order valence-electron chi connectivity index (χ4n) is 3.08. The fraction of sp³-hybridized carbons (Fsp3) is 0.316. The summed E-state index contributed by atoms with van der Waals surface area (Å²) in [6, 6.07) is 9.61. The van der Waals surface area contributed by atoms with E-state index >= 15 is 0 Å². The summed E-state index contributed by atoms with van der Waals surface area (Å²) in [6.45, 7) is 0.243. The largest absolute Gasteiger partial charge is 0.355 e.